The molecule has 86 valence electrons. The van der Waals surface area contributed by atoms with Crippen LogP contribution in [0.25, 0.3) is 0 Å². The van der Waals surface area contributed by atoms with Crippen LogP contribution in [0.15, 0.2) is 0 Å². The molecule has 3 atom stereocenters. The van der Waals surface area contributed by atoms with E-state index in [0.29, 0.717) is 29.5 Å². The lowest BCUT2D eigenvalue weighted by atomic mass is 9.95. The predicted octanol–water partition coefficient (Wildman–Crippen LogP) is 2.30. The summed E-state index contributed by atoms with van der Waals surface area (Å²) in [6, 6.07) is 0.386. The lowest BCUT2D eigenvalue weighted by Gasteiger charge is -2.22. The van der Waals surface area contributed by atoms with E-state index in [-0.39, 0.29) is 0 Å². The van der Waals surface area contributed by atoms with Gasteiger partial charge in [-0.2, -0.15) is 0 Å². The third kappa shape index (κ3) is 1.26. The van der Waals surface area contributed by atoms with Crippen LogP contribution < -0.4 is 0 Å². The Labute approximate surface area is 98.9 Å². The Balaban J connectivity index is 1.73. The zero-order valence-electron chi connectivity index (χ0n) is 8.97. The van der Waals surface area contributed by atoms with Gasteiger partial charge >= 0.3 is 0 Å². The number of hydrogen-bond acceptors (Lipinski definition) is 3. The van der Waals surface area contributed by atoms with Gasteiger partial charge in [0, 0.05) is 5.92 Å². The smallest absolute Gasteiger partial charge is 0.225 e. The molecule has 4 rings (SSSR count). The fraction of sp³-hybridized carbons (Fsp3) is 0.818. The number of rotatable bonds is 2. The van der Waals surface area contributed by atoms with Gasteiger partial charge in [-0.15, -0.1) is 10.2 Å². The molecule has 3 heterocycles. The first-order valence-electron chi connectivity index (χ1n) is 6.08. The normalized spacial score (nSPS) is 37.2. The Morgan fingerprint density at radius 2 is 2.06 bits per heavy atom. The number of aromatic nitrogens is 3. The van der Waals surface area contributed by atoms with Crippen LogP contribution in [0.4, 0.5) is 0 Å². The van der Waals surface area contributed by atoms with E-state index in [1.54, 1.807) is 0 Å². The van der Waals surface area contributed by atoms with Crippen LogP contribution in [0.3, 0.4) is 0 Å². The summed E-state index contributed by atoms with van der Waals surface area (Å²) in [6.07, 6.45) is 6.71. The van der Waals surface area contributed by atoms with Crippen molar-refractivity contribution in [1.82, 2.24) is 14.8 Å². The Kier molecular flexibility index (Phi) is 1.89. The fourth-order valence-corrected chi connectivity index (χ4v) is 3.34. The summed E-state index contributed by atoms with van der Waals surface area (Å²) in [5.41, 5.74) is 0. The van der Waals surface area contributed by atoms with Crippen molar-refractivity contribution in [3.8, 4) is 0 Å². The highest BCUT2D eigenvalue weighted by molar-refractivity contribution is 6.28. The SMILES string of the molecule is Clc1nnc(C2CC2)n1C1CC2CCC1O2. The lowest BCUT2D eigenvalue weighted by molar-refractivity contribution is 0.0934. The average molecular weight is 240 g/mol. The minimum Gasteiger partial charge on any atom is -0.373 e. The van der Waals surface area contributed by atoms with Crippen LogP contribution in [0, 0.1) is 0 Å². The monoisotopic (exact) mass is 239 g/mol. The maximum atomic E-state index is 6.17. The maximum Gasteiger partial charge on any atom is 0.225 e. The van der Waals surface area contributed by atoms with Gasteiger partial charge in [0.25, 0.3) is 0 Å². The summed E-state index contributed by atoms with van der Waals surface area (Å²) >= 11 is 6.17. The zero-order valence-corrected chi connectivity index (χ0v) is 9.73. The Hall–Kier alpha value is -0.610. The summed E-state index contributed by atoms with van der Waals surface area (Å²) in [4.78, 5) is 0. The molecule has 3 aliphatic rings. The van der Waals surface area contributed by atoms with Gasteiger partial charge in [-0.3, -0.25) is 4.57 Å². The molecule has 0 aromatic carbocycles. The first-order chi connectivity index (χ1) is 7.83. The highest BCUT2D eigenvalue weighted by atomic mass is 35.5. The van der Waals surface area contributed by atoms with Gasteiger partial charge in [0.2, 0.25) is 5.28 Å². The van der Waals surface area contributed by atoms with Crippen molar-refractivity contribution in [2.75, 3.05) is 0 Å². The Bertz CT molecular complexity index is 429. The van der Waals surface area contributed by atoms with Gasteiger partial charge in [0.1, 0.15) is 5.82 Å². The predicted molar refractivity (Wildman–Crippen MR) is 58.6 cm³/mol. The molecular formula is C11H14ClN3O. The van der Waals surface area contributed by atoms with Crippen LogP contribution in [0.2, 0.25) is 5.28 Å². The molecule has 1 aromatic rings. The molecule has 0 radical (unpaired) electrons. The third-order valence-electron chi connectivity index (χ3n) is 4.03. The van der Waals surface area contributed by atoms with E-state index < -0.39 is 0 Å². The van der Waals surface area contributed by atoms with Crippen LogP contribution in [0.5, 0.6) is 0 Å². The zero-order chi connectivity index (χ0) is 10.7. The van der Waals surface area contributed by atoms with E-state index in [0.717, 1.165) is 18.7 Å². The summed E-state index contributed by atoms with van der Waals surface area (Å²) in [5, 5.41) is 8.80. The molecule has 16 heavy (non-hydrogen) atoms. The summed E-state index contributed by atoms with van der Waals surface area (Å²) in [7, 11) is 0. The van der Waals surface area contributed by atoms with Crippen molar-refractivity contribution in [2.45, 2.75) is 56.3 Å². The molecule has 0 amide bonds. The molecular weight excluding hydrogens is 226 g/mol. The topological polar surface area (TPSA) is 39.9 Å². The maximum absolute atomic E-state index is 6.17. The van der Waals surface area contributed by atoms with Crippen LogP contribution in [0.1, 0.15) is 49.9 Å². The number of ether oxygens (including phenoxy) is 1. The van der Waals surface area contributed by atoms with Gasteiger partial charge in [-0.05, 0) is 43.7 Å². The second-order valence-electron chi connectivity index (χ2n) is 5.15. The summed E-state index contributed by atoms with van der Waals surface area (Å²) in [5.74, 6) is 1.69. The van der Waals surface area contributed by atoms with Crippen molar-refractivity contribution in [3.63, 3.8) is 0 Å². The largest absolute Gasteiger partial charge is 0.373 e. The number of halogens is 1. The van der Waals surface area contributed by atoms with Crippen LogP contribution in [-0.4, -0.2) is 27.0 Å². The molecule has 4 nitrogen and oxygen atoms in total. The first-order valence-corrected chi connectivity index (χ1v) is 6.46. The Morgan fingerprint density at radius 3 is 2.69 bits per heavy atom. The van der Waals surface area contributed by atoms with Gasteiger partial charge in [0.15, 0.2) is 0 Å². The van der Waals surface area contributed by atoms with E-state index in [1.165, 1.54) is 19.3 Å². The van der Waals surface area contributed by atoms with Gasteiger partial charge in [-0.25, -0.2) is 0 Å². The number of hydrogen-bond donors (Lipinski definition) is 0. The van der Waals surface area contributed by atoms with Crippen molar-refractivity contribution in [1.29, 1.82) is 0 Å². The molecule has 3 fully saturated rings. The molecule has 0 spiro atoms. The lowest BCUT2D eigenvalue weighted by Crippen LogP contribution is -2.22. The van der Waals surface area contributed by atoms with E-state index in [9.17, 15) is 0 Å². The van der Waals surface area contributed by atoms with Crippen molar-refractivity contribution in [2.24, 2.45) is 0 Å². The van der Waals surface area contributed by atoms with Crippen molar-refractivity contribution in [3.05, 3.63) is 11.1 Å². The third-order valence-corrected chi connectivity index (χ3v) is 4.29. The molecule has 0 N–H and O–H groups in total. The van der Waals surface area contributed by atoms with E-state index in [2.05, 4.69) is 14.8 Å². The van der Waals surface area contributed by atoms with E-state index in [4.69, 9.17) is 16.3 Å². The van der Waals surface area contributed by atoms with Gasteiger partial charge in [-0.1, -0.05) is 0 Å². The second kappa shape index (κ2) is 3.20. The highest BCUT2D eigenvalue weighted by Crippen LogP contribution is 2.46. The van der Waals surface area contributed by atoms with Crippen molar-refractivity contribution >= 4 is 11.6 Å². The Morgan fingerprint density at radius 1 is 1.19 bits per heavy atom. The quantitative estimate of drug-likeness (QED) is 0.795. The average Bonchev–Trinajstić information content (AvgIpc) is 2.74. The highest BCUT2D eigenvalue weighted by Gasteiger charge is 2.44. The molecule has 1 saturated carbocycles. The molecule has 5 heteroatoms. The molecule has 2 aliphatic heterocycles. The standard InChI is InChI=1S/C11H14ClN3O/c12-11-14-13-10(6-1-2-6)15(11)8-5-7-3-4-9(8)16-7/h6-9H,1-5H2. The molecule has 2 saturated heterocycles. The number of fused-ring (bicyclic) bond motifs is 2. The fourth-order valence-electron chi connectivity index (χ4n) is 3.09. The van der Waals surface area contributed by atoms with Gasteiger partial charge < -0.3 is 4.74 Å². The minimum absolute atomic E-state index is 0.344. The molecule has 1 aromatic heterocycles. The summed E-state index contributed by atoms with van der Waals surface area (Å²) < 4.78 is 8.03. The molecule has 2 bridgehead atoms. The van der Waals surface area contributed by atoms with Crippen LogP contribution in [-0.2, 0) is 4.74 Å². The molecule has 3 unspecified atom stereocenters. The van der Waals surface area contributed by atoms with Crippen molar-refractivity contribution < 1.29 is 4.74 Å². The first kappa shape index (κ1) is 9.42. The number of nitrogens with zero attached hydrogens (tertiary/aromatic N) is 3. The van der Waals surface area contributed by atoms with E-state index in [1.807, 2.05) is 0 Å². The van der Waals surface area contributed by atoms with E-state index >= 15 is 0 Å². The molecule has 1 aliphatic carbocycles. The summed E-state index contributed by atoms with van der Waals surface area (Å²) in [6.45, 7) is 0. The minimum atomic E-state index is 0.344. The second-order valence-corrected chi connectivity index (χ2v) is 5.49. The van der Waals surface area contributed by atoms with Gasteiger partial charge in [0.05, 0.1) is 18.2 Å². The van der Waals surface area contributed by atoms with Crippen LogP contribution >= 0.6 is 11.6 Å².